The zero-order valence-electron chi connectivity index (χ0n) is 8.79. The monoisotopic (exact) mass is 274 g/mol. The van der Waals surface area contributed by atoms with Gasteiger partial charge in [-0.1, -0.05) is 29.8 Å². The van der Waals surface area contributed by atoms with Crippen molar-refractivity contribution in [2.75, 3.05) is 5.33 Å². The van der Waals surface area contributed by atoms with Crippen LogP contribution in [-0.2, 0) is 6.42 Å². The Morgan fingerprint density at radius 2 is 1.60 bits per heavy atom. The average molecular weight is 275 g/mol. The predicted molar refractivity (Wildman–Crippen MR) is 62.7 cm³/mol. The molecule has 0 saturated carbocycles. The van der Waals surface area contributed by atoms with E-state index in [1.807, 2.05) is 13.8 Å². The number of halogens is 1. The van der Waals surface area contributed by atoms with Crippen molar-refractivity contribution in [2.45, 2.75) is 20.3 Å². The number of hydrogen-bond acceptors (Lipinski definition) is 3. The van der Waals surface area contributed by atoms with Gasteiger partial charge in [-0.05, 0) is 11.8 Å². The number of rotatable bonds is 3. The molecule has 4 heteroatoms. The van der Waals surface area contributed by atoms with Gasteiger partial charge in [-0.3, -0.25) is 0 Å². The Labute approximate surface area is 97.5 Å². The second-order valence-corrected chi connectivity index (χ2v) is 5.00. The topological polar surface area (TPSA) is 60.7 Å². The molecule has 0 aliphatic rings. The van der Waals surface area contributed by atoms with Gasteiger partial charge in [0.2, 0.25) is 0 Å². The fourth-order valence-electron chi connectivity index (χ4n) is 1.33. The molecule has 0 radical (unpaired) electrons. The summed E-state index contributed by atoms with van der Waals surface area (Å²) in [6, 6.07) is 2.47. The lowest BCUT2D eigenvalue weighted by atomic mass is 9.87. The van der Waals surface area contributed by atoms with Crippen LogP contribution in [0.4, 0.5) is 0 Å². The summed E-state index contributed by atoms with van der Waals surface area (Å²) in [5.74, 6) is -0.270. The van der Waals surface area contributed by atoms with Crippen LogP contribution in [0.3, 0.4) is 0 Å². The van der Waals surface area contributed by atoms with E-state index in [1.54, 1.807) is 0 Å². The number of phenols is 3. The maximum absolute atomic E-state index is 9.60. The van der Waals surface area contributed by atoms with Crippen LogP contribution in [0.2, 0.25) is 0 Å². The summed E-state index contributed by atoms with van der Waals surface area (Å²) < 4.78 is 0. The first-order valence-corrected chi connectivity index (χ1v) is 5.77. The van der Waals surface area contributed by atoms with Crippen LogP contribution in [0.5, 0.6) is 17.2 Å². The lowest BCUT2D eigenvalue weighted by molar-refractivity contribution is 0.379. The van der Waals surface area contributed by atoms with E-state index in [2.05, 4.69) is 15.9 Å². The molecule has 15 heavy (non-hydrogen) atoms. The SMILES string of the molecule is CC(C)(CBr)Cc1c(O)cc(O)cc1O. The van der Waals surface area contributed by atoms with E-state index in [4.69, 9.17) is 5.11 Å². The van der Waals surface area contributed by atoms with Gasteiger partial charge in [0.1, 0.15) is 17.2 Å². The number of aromatic hydroxyl groups is 3. The van der Waals surface area contributed by atoms with Crippen molar-refractivity contribution >= 4 is 15.9 Å². The van der Waals surface area contributed by atoms with E-state index < -0.39 is 0 Å². The lowest BCUT2D eigenvalue weighted by Gasteiger charge is -2.22. The molecular weight excluding hydrogens is 260 g/mol. The third kappa shape index (κ3) is 3.02. The van der Waals surface area contributed by atoms with Crippen LogP contribution in [0, 0.1) is 5.41 Å². The van der Waals surface area contributed by atoms with Gasteiger partial charge in [0.05, 0.1) is 0 Å². The van der Waals surface area contributed by atoms with Crippen molar-refractivity contribution in [3.63, 3.8) is 0 Å². The molecule has 0 amide bonds. The smallest absolute Gasteiger partial charge is 0.126 e. The van der Waals surface area contributed by atoms with Crippen LogP contribution in [0.1, 0.15) is 19.4 Å². The van der Waals surface area contributed by atoms with Crippen molar-refractivity contribution in [1.29, 1.82) is 0 Å². The summed E-state index contributed by atoms with van der Waals surface area (Å²) in [5.41, 5.74) is 0.406. The quantitative estimate of drug-likeness (QED) is 0.743. The Hall–Kier alpha value is -0.900. The summed E-state index contributed by atoms with van der Waals surface area (Å²) in [4.78, 5) is 0. The van der Waals surface area contributed by atoms with Gasteiger partial charge in [-0.25, -0.2) is 0 Å². The third-order valence-corrected chi connectivity index (χ3v) is 3.72. The van der Waals surface area contributed by atoms with Gasteiger partial charge in [0.15, 0.2) is 0 Å². The first-order chi connectivity index (χ1) is 6.85. The molecule has 1 aromatic rings. The fourth-order valence-corrected chi connectivity index (χ4v) is 1.53. The number of phenolic OH excluding ortho intramolecular Hbond substituents is 3. The predicted octanol–water partition coefficient (Wildman–Crippen LogP) is 2.77. The van der Waals surface area contributed by atoms with Crippen LogP contribution < -0.4 is 0 Å². The molecule has 0 heterocycles. The highest BCUT2D eigenvalue weighted by Crippen LogP contribution is 2.37. The molecule has 0 aromatic heterocycles. The van der Waals surface area contributed by atoms with Crippen molar-refractivity contribution < 1.29 is 15.3 Å². The summed E-state index contributed by atoms with van der Waals surface area (Å²) >= 11 is 3.38. The van der Waals surface area contributed by atoms with Crippen LogP contribution in [-0.4, -0.2) is 20.6 Å². The minimum atomic E-state index is -0.134. The van der Waals surface area contributed by atoms with Gasteiger partial charge < -0.3 is 15.3 Å². The van der Waals surface area contributed by atoms with Crippen molar-refractivity contribution in [3.05, 3.63) is 17.7 Å². The standard InChI is InChI=1S/C11H15BrO3/c1-11(2,6-12)5-8-9(14)3-7(13)4-10(8)15/h3-4,13-15H,5-6H2,1-2H3. The molecule has 0 aliphatic carbocycles. The molecule has 0 bridgehead atoms. The van der Waals surface area contributed by atoms with Crippen LogP contribution >= 0.6 is 15.9 Å². The lowest BCUT2D eigenvalue weighted by Crippen LogP contribution is -2.16. The molecule has 0 atom stereocenters. The van der Waals surface area contributed by atoms with E-state index >= 15 is 0 Å². The molecule has 0 fully saturated rings. The van der Waals surface area contributed by atoms with Gasteiger partial charge >= 0.3 is 0 Å². The molecular formula is C11H15BrO3. The summed E-state index contributed by atoms with van der Waals surface area (Å²) in [6.45, 7) is 4.04. The van der Waals surface area contributed by atoms with Crippen molar-refractivity contribution in [3.8, 4) is 17.2 Å². The molecule has 1 aromatic carbocycles. The average Bonchev–Trinajstić information content (AvgIpc) is 2.11. The second-order valence-electron chi connectivity index (χ2n) is 4.44. The molecule has 3 nitrogen and oxygen atoms in total. The first-order valence-electron chi connectivity index (χ1n) is 4.65. The largest absolute Gasteiger partial charge is 0.508 e. The Bertz CT molecular complexity index is 338. The Morgan fingerprint density at radius 1 is 1.13 bits per heavy atom. The highest BCUT2D eigenvalue weighted by Gasteiger charge is 2.21. The molecule has 0 aliphatic heterocycles. The number of benzene rings is 1. The molecule has 0 saturated heterocycles. The molecule has 0 spiro atoms. The van der Waals surface area contributed by atoms with Gasteiger partial charge in [0.25, 0.3) is 0 Å². The van der Waals surface area contributed by atoms with E-state index in [1.165, 1.54) is 12.1 Å². The highest BCUT2D eigenvalue weighted by molar-refractivity contribution is 9.09. The molecule has 3 N–H and O–H groups in total. The summed E-state index contributed by atoms with van der Waals surface area (Å²) in [7, 11) is 0. The van der Waals surface area contributed by atoms with Crippen LogP contribution in [0.25, 0.3) is 0 Å². The minimum absolute atomic E-state index is 0.0636. The maximum atomic E-state index is 9.60. The number of hydrogen-bond donors (Lipinski definition) is 3. The highest BCUT2D eigenvalue weighted by atomic mass is 79.9. The Morgan fingerprint density at radius 3 is 2.00 bits per heavy atom. The van der Waals surface area contributed by atoms with E-state index in [9.17, 15) is 10.2 Å². The van der Waals surface area contributed by atoms with Crippen LogP contribution in [0.15, 0.2) is 12.1 Å². The number of alkyl halides is 1. The van der Waals surface area contributed by atoms with Gasteiger partial charge in [-0.15, -0.1) is 0 Å². The van der Waals surface area contributed by atoms with E-state index in [0.29, 0.717) is 12.0 Å². The summed E-state index contributed by atoms with van der Waals surface area (Å²) in [5, 5.41) is 29.1. The second kappa shape index (κ2) is 4.31. The Kier molecular flexibility index (Phi) is 3.50. The van der Waals surface area contributed by atoms with E-state index in [0.717, 1.165) is 5.33 Å². The molecule has 84 valence electrons. The fraction of sp³-hybridized carbons (Fsp3) is 0.455. The minimum Gasteiger partial charge on any atom is -0.508 e. The molecule has 0 unspecified atom stereocenters. The zero-order chi connectivity index (χ0) is 11.6. The maximum Gasteiger partial charge on any atom is 0.126 e. The van der Waals surface area contributed by atoms with Gasteiger partial charge in [0, 0.05) is 23.0 Å². The third-order valence-electron chi connectivity index (χ3n) is 2.20. The summed E-state index contributed by atoms with van der Waals surface area (Å²) in [6.07, 6.45) is 0.538. The van der Waals surface area contributed by atoms with Crippen molar-refractivity contribution in [2.24, 2.45) is 5.41 Å². The van der Waals surface area contributed by atoms with Crippen molar-refractivity contribution in [1.82, 2.24) is 0 Å². The zero-order valence-corrected chi connectivity index (χ0v) is 10.4. The normalized spacial score (nSPS) is 11.7. The first kappa shape index (κ1) is 12.2. The Balaban J connectivity index is 3.05. The molecule has 1 rings (SSSR count). The van der Waals surface area contributed by atoms with E-state index in [-0.39, 0.29) is 22.7 Å². The van der Waals surface area contributed by atoms with Gasteiger partial charge in [-0.2, -0.15) is 0 Å².